The molecule has 1 heterocycles. The molecule has 1 fully saturated rings. The second-order valence-electron chi connectivity index (χ2n) is 3.83. The van der Waals surface area contributed by atoms with E-state index in [-0.39, 0.29) is 5.91 Å². The molecule has 2 rings (SSSR count). The van der Waals surface area contributed by atoms with E-state index in [1.54, 1.807) is 0 Å². The van der Waals surface area contributed by atoms with Crippen LogP contribution >= 0.6 is 12.2 Å². The van der Waals surface area contributed by atoms with E-state index in [4.69, 9.17) is 12.2 Å². The third kappa shape index (κ3) is 2.12. The van der Waals surface area contributed by atoms with Crippen molar-refractivity contribution >= 4 is 29.3 Å². The molecular weight excluding hydrogens is 220 g/mol. The average Bonchev–Trinajstić information content (AvgIpc) is 2.51. The van der Waals surface area contributed by atoms with Gasteiger partial charge in [-0.1, -0.05) is 23.8 Å². The number of hydrogen-bond acceptors (Lipinski definition) is 2. The number of carbonyl (C=O) groups excluding carboxylic acids is 1. The molecule has 0 radical (unpaired) electrons. The highest BCUT2D eigenvalue weighted by atomic mass is 32.1. The Morgan fingerprint density at radius 2 is 2.00 bits per heavy atom. The molecule has 1 amide bonds. The van der Waals surface area contributed by atoms with Crippen LogP contribution in [0.25, 0.3) is 6.08 Å². The number of amides is 1. The van der Waals surface area contributed by atoms with Gasteiger partial charge in [0.25, 0.3) is 5.91 Å². The highest BCUT2D eigenvalue weighted by molar-refractivity contribution is 7.80. The van der Waals surface area contributed by atoms with Gasteiger partial charge < -0.3 is 5.32 Å². The van der Waals surface area contributed by atoms with Gasteiger partial charge in [-0.25, -0.2) is 0 Å². The van der Waals surface area contributed by atoms with E-state index in [1.807, 2.05) is 38.1 Å². The highest BCUT2D eigenvalue weighted by Gasteiger charge is 2.19. The van der Waals surface area contributed by atoms with Gasteiger partial charge in [-0.2, -0.15) is 0 Å². The second kappa shape index (κ2) is 4.06. The van der Waals surface area contributed by atoms with Crippen LogP contribution in [0.2, 0.25) is 0 Å². The zero-order valence-corrected chi connectivity index (χ0v) is 9.94. The summed E-state index contributed by atoms with van der Waals surface area (Å²) in [5.41, 5.74) is 3.82. The molecule has 1 aliphatic heterocycles. The van der Waals surface area contributed by atoms with Crippen molar-refractivity contribution in [2.75, 3.05) is 0 Å². The Balaban J connectivity index is 2.39. The lowest BCUT2D eigenvalue weighted by Crippen LogP contribution is -2.21. The monoisotopic (exact) mass is 232 g/mol. The quantitative estimate of drug-likeness (QED) is 0.571. The topological polar surface area (TPSA) is 41.1 Å². The Morgan fingerprint density at radius 1 is 1.25 bits per heavy atom. The third-order valence-electron chi connectivity index (χ3n) is 2.45. The Labute approximate surface area is 99.5 Å². The van der Waals surface area contributed by atoms with Crippen molar-refractivity contribution in [3.8, 4) is 0 Å². The first-order valence-corrected chi connectivity index (χ1v) is 5.38. The molecule has 0 atom stereocenters. The van der Waals surface area contributed by atoms with Gasteiger partial charge >= 0.3 is 0 Å². The number of benzene rings is 1. The molecule has 4 heteroatoms. The summed E-state index contributed by atoms with van der Waals surface area (Å²) in [5, 5.41) is 5.73. The van der Waals surface area contributed by atoms with E-state index in [9.17, 15) is 4.79 Å². The minimum Gasteiger partial charge on any atom is -0.328 e. The van der Waals surface area contributed by atoms with Crippen molar-refractivity contribution in [3.63, 3.8) is 0 Å². The van der Waals surface area contributed by atoms with Crippen LogP contribution in [-0.4, -0.2) is 11.0 Å². The minimum atomic E-state index is -0.175. The van der Waals surface area contributed by atoms with Gasteiger partial charge in [-0.05, 0) is 43.3 Å². The molecule has 82 valence electrons. The van der Waals surface area contributed by atoms with E-state index >= 15 is 0 Å². The normalized spacial score (nSPS) is 17.5. The smallest absolute Gasteiger partial charge is 0.273 e. The van der Waals surface area contributed by atoms with Gasteiger partial charge in [0.15, 0.2) is 5.11 Å². The Morgan fingerprint density at radius 3 is 2.62 bits per heavy atom. The maximum absolute atomic E-state index is 11.5. The minimum absolute atomic E-state index is 0.175. The lowest BCUT2D eigenvalue weighted by molar-refractivity contribution is -0.115. The molecule has 0 unspecified atom stereocenters. The van der Waals surface area contributed by atoms with Crippen molar-refractivity contribution in [2.24, 2.45) is 0 Å². The molecule has 0 aromatic heterocycles. The van der Waals surface area contributed by atoms with Gasteiger partial charge in [-0.15, -0.1) is 0 Å². The summed E-state index contributed by atoms with van der Waals surface area (Å²) in [7, 11) is 0. The van der Waals surface area contributed by atoms with Crippen molar-refractivity contribution in [3.05, 3.63) is 40.6 Å². The standard InChI is InChI=1S/C12H12N2OS/c1-7-3-4-8(2)9(5-7)6-10-11(15)14-12(16)13-10/h3-6H,1-2H3,(H2,13,14,15,16)/b10-6-. The van der Waals surface area contributed by atoms with Gasteiger partial charge in [0.1, 0.15) is 5.70 Å². The molecule has 0 spiro atoms. The Bertz CT molecular complexity index is 506. The molecule has 1 aromatic carbocycles. The van der Waals surface area contributed by atoms with E-state index in [0.29, 0.717) is 10.8 Å². The number of nitrogens with one attached hydrogen (secondary N) is 2. The van der Waals surface area contributed by atoms with E-state index in [1.165, 1.54) is 5.56 Å². The zero-order valence-electron chi connectivity index (χ0n) is 9.13. The largest absolute Gasteiger partial charge is 0.328 e. The van der Waals surface area contributed by atoms with Crippen molar-refractivity contribution < 1.29 is 4.79 Å². The Kier molecular flexibility index (Phi) is 2.75. The molecule has 16 heavy (non-hydrogen) atoms. The predicted molar refractivity (Wildman–Crippen MR) is 67.8 cm³/mol. The summed E-state index contributed by atoms with van der Waals surface area (Å²) in [6.45, 7) is 4.03. The molecule has 1 aliphatic rings. The van der Waals surface area contributed by atoms with Crippen molar-refractivity contribution in [1.82, 2.24) is 10.6 Å². The third-order valence-corrected chi connectivity index (χ3v) is 2.66. The first kappa shape index (κ1) is 10.8. The van der Waals surface area contributed by atoms with Crippen LogP contribution in [0.1, 0.15) is 16.7 Å². The van der Waals surface area contributed by atoms with Gasteiger partial charge in [0, 0.05) is 0 Å². The summed E-state index contributed by atoms with van der Waals surface area (Å²) < 4.78 is 0. The Hall–Kier alpha value is -1.68. The molecule has 3 nitrogen and oxygen atoms in total. The van der Waals surface area contributed by atoms with Crippen molar-refractivity contribution in [2.45, 2.75) is 13.8 Å². The van der Waals surface area contributed by atoms with Crippen LogP contribution in [0, 0.1) is 13.8 Å². The lowest BCUT2D eigenvalue weighted by Gasteiger charge is -2.02. The molecule has 0 saturated carbocycles. The summed E-state index contributed by atoms with van der Waals surface area (Å²) in [6.07, 6.45) is 1.82. The first-order chi connectivity index (χ1) is 7.56. The fraction of sp³-hybridized carbons (Fsp3) is 0.167. The predicted octanol–water partition coefficient (Wildman–Crippen LogP) is 1.65. The number of thiocarbonyl (C=S) groups is 1. The fourth-order valence-electron chi connectivity index (χ4n) is 1.55. The lowest BCUT2D eigenvalue weighted by atomic mass is 10.0. The van der Waals surface area contributed by atoms with Crippen LogP contribution in [0.5, 0.6) is 0 Å². The van der Waals surface area contributed by atoms with Crippen LogP contribution in [0.4, 0.5) is 0 Å². The number of hydrogen-bond donors (Lipinski definition) is 2. The van der Waals surface area contributed by atoms with Gasteiger partial charge in [0.05, 0.1) is 0 Å². The summed E-state index contributed by atoms with van der Waals surface area (Å²) in [4.78, 5) is 11.5. The summed E-state index contributed by atoms with van der Waals surface area (Å²) in [6, 6.07) is 6.12. The number of aryl methyl sites for hydroxylation is 2. The molecule has 0 aliphatic carbocycles. The second-order valence-corrected chi connectivity index (χ2v) is 4.23. The van der Waals surface area contributed by atoms with E-state index in [0.717, 1.165) is 11.1 Å². The van der Waals surface area contributed by atoms with Crippen LogP contribution in [0.3, 0.4) is 0 Å². The first-order valence-electron chi connectivity index (χ1n) is 4.97. The maximum atomic E-state index is 11.5. The maximum Gasteiger partial charge on any atom is 0.273 e. The number of rotatable bonds is 1. The van der Waals surface area contributed by atoms with Gasteiger partial charge in [-0.3, -0.25) is 10.1 Å². The van der Waals surface area contributed by atoms with E-state index < -0.39 is 0 Å². The van der Waals surface area contributed by atoms with Crippen LogP contribution in [0.15, 0.2) is 23.9 Å². The molecular formula is C12H12N2OS. The van der Waals surface area contributed by atoms with E-state index in [2.05, 4.69) is 10.6 Å². The summed E-state index contributed by atoms with van der Waals surface area (Å²) >= 11 is 4.86. The molecule has 2 N–H and O–H groups in total. The zero-order chi connectivity index (χ0) is 11.7. The molecule has 1 saturated heterocycles. The fourth-order valence-corrected chi connectivity index (χ4v) is 1.76. The van der Waals surface area contributed by atoms with Crippen LogP contribution < -0.4 is 10.6 Å². The highest BCUT2D eigenvalue weighted by Crippen LogP contribution is 2.15. The number of carbonyl (C=O) groups is 1. The summed E-state index contributed by atoms with van der Waals surface area (Å²) in [5.74, 6) is -0.175. The average molecular weight is 232 g/mol. The molecule has 0 bridgehead atoms. The van der Waals surface area contributed by atoms with Crippen LogP contribution in [-0.2, 0) is 4.79 Å². The van der Waals surface area contributed by atoms with Crippen molar-refractivity contribution in [1.29, 1.82) is 0 Å². The van der Waals surface area contributed by atoms with Gasteiger partial charge in [0.2, 0.25) is 0 Å². The SMILES string of the molecule is Cc1ccc(C)c(/C=C2\NC(=S)NC2=O)c1. The molecule has 1 aromatic rings.